The van der Waals surface area contributed by atoms with Gasteiger partial charge in [-0.15, -0.1) is 0 Å². The Kier molecular flexibility index (Phi) is 5.76. The molecule has 0 saturated heterocycles. The summed E-state index contributed by atoms with van der Waals surface area (Å²) >= 11 is 0. The first-order valence-electron chi connectivity index (χ1n) is 6.00. The lowest BCUT2D eigenvalue weighted by atomic mass is 9.98. The Morgan fingerprint density at radius 2 is 1.47 bits per heavy atom. The largest absolute Gasteiger partial charge is 0.481 e. The SMILES string of the molecule is CC(=O)O.Cc1ccccc1C(O)c1ccccc1. The van der Waals surface area contributed by atoms with E-state index < -0.39 is 12.1 Å². The molecule has 2 aromatic carbocycles. The number of aliphatic carboxylic acids is 1. The minimum atomic E-state index is -0.833. The summed E-state index contributed by atoms with van der Waals surface area (Å²) < 4.78 is 0. The average Bonchev–Trinajstić information content (AvgIpc) is 2.39. The van der Waals surface area contributed by atoms with Crippen LogP contribution in [-0.4, -0.2) is 16.2 Å². The molecule has 0 spiro atoms. The van der Waals surface area contributed by atoms with E-state index in [4.69, 9.17) is 9.90 Å². The summed E-state index contributed by atoms with van der Waals surface area (Å²) in [6.45, 7) is 3.10. The minimum Gasteiger partial charge on any atom is -0.481 e. The molecule has 0 fully saturated rings. The predicted octanol–water partition coefficient (Wildman–Crippen LogP) is 3.17. The first-order chi connectivity index (χ1) is 9.02. The fraction of sp³-hybridized carbons (Fsp3) is 0.188. The van der Waals surface area contributed by atoms with Gasteiger partial charge in [-0.2, -0.15) is 0 Å². The third-order valence-electron chi connectivity index (χ3n) is 2.60. The van der Waals surface area contributed by atoms with E-state index in [1.807, 2.05) is 61.5 Å². The van der Waals surface area contributed by atoms with Gasteiger partial charge in [0.1, 0.15) is 6.10 Å². The van der Waals surface area contributed by atoms with E-state index in [-0.39, 0.29) is 0 Å². The number of aliphatic hydroxyl groups is 1. The van der Waals surface area contributed by atoms with Crippen LogP contribution >= 0.6 is 0 Å². The zero-order chi connectivity index (χ0) is 14.3. The summed E-state index contributed by atoms with van der Waals surface area (Å²) in [4.78, 5) is 9.00. The van der Waals surface area contributed by atoms with Crippen molar-refractivity contribution >= 4 is 5.97 Å². The van der Waals surface area contributed by atoms with Crippen molar-refractivity contribution < 1.29 is 15.0 Å². The van der Waals surface area contributed by atoms with Crippen LogP contribution in [0.15, 0.2) is 54.6 Å². The molecule has 0 saturated carbocycles. The summed E-state index contributed by atoms with van der Waals surface area (Å²) in [6.07, 6.45) is -0.521. The summed E-state index contributed by atoms with van der Waals surface area (Å²) in [5.41, 5.74) is 3.03. The summed E-state index contributed by atoms with van der Waals surface area (Å²) in [5, 5.41) is 17.6. The maximum absolute atomic E-state index is 10.2. The van der Waals surface area contributed by atoms with Crippen LogP contribution < -0.4 is 0 Å². The van der Waals surface area contributed by atoms with Gasteiger partial charge < -0.3 is 10.2 Å². The molecule has 1 atom stereocenters. The normalized spacial score (nSPS) is 11.1. The van der Waals surface area contributed by atoms with Gasteiger partial charge in [0.05, 0.1) is 0 Å². The topological polar surface area (TPSA) is 57.5 Å². The highest BCUT2D eigenvalue weighted by Gasteiger charge is 2.11. The van der Waals surface area contributed by atoms with Crippen molar-refractivity contribution in [2.75, 3.05) is 0 Å². The quantitative estimate of drug-likeness (QED) is 0.869. The van der Waals surface area contributed by atoms with Gasteiger partial charge in [-0.1, -0.05) is 54.6 Å². The number of aliphatic hydroxyl groups excluding tert-OH is 1. The monoisotopic (exact) mass is 258 g/mol. The molecule has 0 bridgehead atoms. The maximum Gasteiger partial charge on any atom is 0.300 e. The van der Waals surface area contributed by atoms with Crippen LogP contribution in [0, 0.1) is 6.92 Å². The lowest BCUT2D eigenvalue weighted by Gasteiger charge is -2.13. The second kappa shape index (κ2) is 7.34. The Morgan fingerprint density at radius 1 is 1.00 bits per heavy atom. The number of rotatable bonds is 2. The second-order valence-electron chi connectivity index (χ2n) is 4.19. The summed E-state index contributed by atoms with van der Waals surface area (Å²) in [6, 6.07) is 17.6. The van der Waals surface area contributed by atoms with Crippen LogP contribution in [0.1, 0.15) is 29.7 Å². The van der Waals surface area contributed by atoms with Crippen LogP contribution in [0.5, 0.6) is 0 Å². The maximum atomic E-state index is 10.2. The van der Waals surface area contributed by atoms with Crippen LogP contribution in [0.3, 0.4) is 0 Å². The Bertz CT molecular complexity index is 517. The number of carbonyl (C=O) groups is 1. The van der Waals surface area contributed by atoms with Gasteiger partial charge in [-0.05, 0) is 23.6 Å². The molecule has 2 aromatic rings. The van der Waals surface area contributed by atoms with Crippen LogP contribution in [0.2, 0.25) is 0 Å². The van der Waals surface area contributed by atoms with E-state index >= 15 is 0 Å². The Balaban J connectivity index is 0.000000399. The van der Waals surface area contributed by atoms with Gasteiger partial charge in [-0.25, -0.2) is 0 Å². The molecule has 3 heteroatoms. The molecular weight excluding hydrogens is 240 g/mol. The minimum absolute atomic E-state index is 0.521. The molecular formula is C16H18O3. The second-order valence-corrected chi connectivity index (χ2v) is 4.19. The number of carboxylic acids is 1. The molecule has 0 amide bonds. The van der Waals surface area contributed by atoms with Crippen LogP contribution in [-0.2, 0) is 4.79 Å². The molecule has 0 heterocycles. The van der Waals surface area contributed by atoms with Crippen molar-refractivity contribution in [1.29, 1.82) is 0 Å². The number of aryl methyl sites for hydroxylation is 1. The molecule has 19 heavy (non-hydrogen) atoms. The average molecular weight is 258 g/mol. The predicted molar refractivity (Wildman–Crippen MR) is 75.0 cm³/mol. The number of carboxylic acid groups (broad SMARTS) is 1. The lowest BCUT2D eigenvalue weighted by Crippen LogP contribution is -2.01. The molecule has 2 rings (SSSR count). The van der Waals surface area contributed by atoms with E-state index in [0.29, 0.717) is 0 Å². The van der Waals surface area contributed by atoms with E-state index in [0.717, 1.165) is 23.6 Å². The summed E-state index contributed by atoms with van der Waals surface area (Å²) in [7, 11) is 0. The first kappa shape index (κ1) is 14.9. The fourth-order valence-corrected chi connectivity index (χ4v) is 1.71. The molecule has 0 aliphatic rings. The third kappa shape index (κ3) is 4.94. The highest BCUT2D eigenvalue weighted by atomic mass is 16.4. The first-order valence-corrected chi connectivity index (χ1v) is 6.00. The molecule has 0 aliphatic carbocycles. The van der Waals surface area contributed by atoms with Crippen LogP contribution in [0.25, 0.3) is 0 Å². The molecule has 0 aromatic heterocycles. The molecule has 0 radical (unpaired) electrons. The zero-order valence-corrected chi connectivity index (χ0v) is 11.1. The van der Waals surface area contributed by atoms with Crippen molar-refractivity contribution in [3.05, 3.63) is 71.3 Å². The lowest BCUT2D eigenvalue weighted by molar-refractivity contribution is -0.134. The van der Waals surface area contributed by atoms with Crippen molar-refractivity contribution in [1.82, 2.24) is 0 Å². The van der Waals surface area contributed by atoms with Gasteiger partial charge in [-0.3, -0.25) is 4.79 Å². The van der Waals surface area contributed by atoms with E-state index in [9.17, 15) is 5.11 Å². The van der Waals surface area contributed by atoms with Crippen LogP contribution in [0.4, 0.5) is 0 Å². The molecule has 100 valence electrons. The molecule has 3 nitrogen and oxygen atoms in total. The smallest absolute Gasteiger partial charge is 0.300 e. The van der Waals surface area contributed by atoms with Gasteiger partial charge in [0.2, 0.25) is 0 Å². The molecule has 2 N–H and O–H groups in total. The Labute approximate surface area is 113 Å². The molecule has 1 unspecified atom stereocenters. The van der Waals surface area contributed by atoms with Gasteiger partial charge in [0.15, 0.2) is 0 Å². The van der Waals surface area contributed by atoms with E-state index in [2.05, 4.69) is 0 Å². The van der Waals surface area contributed by atoms with Gasteiger partial charge in [0, 0.05) is 6.92 Å². The standard InChI is InChI=1S/C14H14O.C2H4O2/c1-11-7-5-6-10-13(11)14(15)12-8-3-2-4-9-12;1-2(3)4/h2-10,14-15H,1H3;1H3,(H,3,4). The highest BCUT2D eigenvalue weighted by Crippen LogP contribution is 2.23. The van der Waals surface area contributed by atoms with E-state index in [1.165, 1.54) is 0 Å². The highest BCUT2D eigenvalue weighted by molar-refractivity contribution is 5.62. The van der Waals surface area contributed by atoms with Gasteiger partial charge in [0.25, 0.3) is 5.97 Å². The third-order valence-corrected chi connectivity index (χ3v) is 2.60. The number of benzene rings is 2. The zero-order valence-electron chi connectivity index (χ0n) is 11.1. The van der Waals surface area contributed by atoms with Gasteiger partial charge >= 0.3 is 0 Å². The van der Waals surface area contributed by atoms with E-state index in [1.54, 1.807) is 0 Å². The van der Waals surface area contributed by atoms with Crippen molar-refractivity contribution in [2.24, 2.45) is 0 Å². The Morgan fingerprint density at radius 3 is 2.00 bits per heavy atom. The number of hydrogen-bond donors (Lipinski definition) is 2. The fourth-order valence-electron chi connectivity index (χ4n) is 1.71. The molecule has 0 aliphatic heterocycles. The van der Waals surface area contributed by atoms with Crippen molar-refractivity contribution in [3.63, 3.8) is 0 Å². The Hall–Kier alpha value is -2.13. The van der Waals surface area contributed by atoms with Crippen molar-refractivity contribution in [2.45, 2.75) is 20.0 Å². The summed E-state index contributed by atoms with van der Waals surface area (Å²) in [5.74, 6) is -0.833. The number of hydrogen-bond acceptors (Lipinski definition) is 2. The van der Waals surface area contributed by atoms with Crippen molar-refractivity contribution in [3.8, 4) is 0 Å².